The predicted molar refractivity (Wildman–Crippen MR) is 95.6 cm³/mol. The van der Waals surface area contributed by atoms with Gasteiger partial charge in [-0.25, -0.2) is 0 Å². The van der Waals surface area contributed by atoms with Gasteiger partial charge in [0.25, 0.3) is 0 Å². The van der Waals surface area contributed by atoms with Crippen molar-refractivity contribution < 1.29 is 13.6 Å². The molecule has 0 fully saturated rings. The van der Waals surface area contributed by atoms with Crippen molar-refractivity contribution in [2.45, 2.75) is 65.2 Å². The monoisotopic (exact) mass is 328 g/mol. The molecule has 0 radical (unpaired) electrons. The quantitative estimate of drug-likeness (QED) is 0.336. The summed E-state index contributed by atoms with van der Waals surface area (Å²) in [4.78, 5) is 0. The van der Waals surface area contributed by atoms with Crippen molar-refractivity contribution in [2.75, 3.05) is 13.2 Å². The van der Waals surface area contributed by atoms with Gasteiger partial charge in [-0.05, 0) is 12.8 Å². The Morgan fingerprint density at radius 2 is 1.00 bits per heavy atom. The fraction of sp³-hybridized carbons (Fsp3) is 0.667. The Bertz CT molecular complexity index is 288. The smallest absolute Gasteiger partial charge is 0.311 e. The lowest BCUT2D eigenvalue weighted by atomic mass is 10.2. The maximum atomic E-state index is 11.2. The van der Waals surface area contributed by atoms with Gasteiger partial charge in [-0.1, -0.05) is 88.8 Å². The van der Waals surface area contributed by atoms with Crippen molar-refractivity contribution in [3.05, 3.63) is 36.4 Å². The van der Waals surface area contributed by atoms with Crippen LogP contribution in [0.1, 0.15) is 65.2 Å². The number of hydrogen-bond donors (Lipinski definition) is 0. The Labute approximate surface area is 137 Å². The number of hydrogen-bond acceptors (Lipinski definition) is 3. The van der Waals surface area contributed by atoms with Crippen LogP contribution in [0.4, 0.5) is 0 Å². The largest absolute Gasteiger partial charge is 0.319 e. The summed E-state index contributed by atoms with van der Waals surface area (Å²) >= 11 is 0. The highest BCUT2D eigenvalue weighted by molar-refractivity contribution is 7.33. The third kappa shape index (κ3) is 17.4. The van der Waals surface area contributed by atoms with Crippen LogP contribution in [0.15, 0.2) is 36.4 Å². The average Bonchev–Trinajstić information content (AvgIpc) is 2.57. The van der Waals surface area contributed by atoms with E-state index in [0.717, 1.165) is 25.7 Å². The topological polar surface area (TPSA) is 35.5 Å². The Hall–Kier alpha value is -0.630. The van der Waals surface area contributed by atoms with Gasteiger partial charge in [0.2, 0.25) is 0 Å². The lowest BCUT2D eigenvalue weighted by Gasteiger charge is -2.05. The second kappa shape index (κ2) is 18.4. The summed E-state index contributed by atoms with van der Waals surface area (Å²) in [5, 5.41) is 0. The Morgan fingerprint density at radius 1 is 0.636 bits per heavy atom. The van der Waals surface area contributed by atoms with Crippen LogP contribution in [0, 0.1) is 0 Å². The van der Waals surface area contributed by atoms with E-state index in [1.165, 1.54) is 25.7 Å². The maximum absolute atomic E-state index is 11.2. The Balaban J connectivity index is 0.000000604. The van der Waals surface area contributed by atoms with Crippen LogP contribution in [0.2, 0.25) is 0 Å². The van der Waals surface area contributed by atoms with Gasteiger partial charge < -0.3 is 9.05 Å². The van der Waals surface area contributed by atoms with Gasteiger partial charge in [0.1, 0.15) is 0 Å². The number of rotatable bonds is 12. The molecule has 0 bridgehead atoms. The van der Waals surface area contributed by atoms with Crippen molar-refractivity contribution >= 4 is 8.25 Å². The second-order valence-electron chi connectivity index (χ2n) is 5.22. The molecule has 0 saturated carbocycles. The first kappa shape index (κ1) is 21.4. The second-order valence-corrected chi connectivity index (χ2v) is 6.30. The minimum absolute atomic E-state index is 0.576. The Morgan fingerprint density at radius 3 is 1.32 bits per heavy atom. The molecule has 0 amide bonds. The van der Waals surface area contributed by atoms with Crippen LogP contribution in [0.3, 0.4) is 0 Å². The molecule has 128 valence electrons. The maximum Gasteiger partial charge on any atom is 0.319 e. The van der Waals surface area contributed by atoms with Crippen molar-refractivity contribution in [2.24, 2.45) is 0 Å². The van der Waals surface area contributed by atoms with E-state index >= 15 is 0 Å². The van der Waals surface area contributed by atoms with E-state index in [1.54, 1.807) is 0 Å². The molecule has 0 heterocycles. The van der Waals surface area contributed by atoms with Gasteiger partial charge in [0.15, 0.2) is 0 Å². The number of benzene rings is 1. The molecule has 0 aromatic heterocycles. The molecule has 0 aliphatic rings. The molecule has 0 saturated heterocycles. The van der Waals surface area contributed by atoms with E-state index in [0.29, 0.717) is 13.2 Å². The van der Waals surface area contributed by atoms with E-state index in [4.69, 9.17) is 9.05 Å². The molecule has 1 aromatic rings. The predicted octanol–water partition coefficient (Wildman–Crippen LogP) is 6.26. The van der Waals surface area contributed by atoms with Crippen LogP contribution >= 0.6 is 8.25 Å². The van der Waals surface area contributed by atoms with Gasteiger partial charge in [-0.15, -0.1) is 0 Å². The summed E-state index contributed by atoms with van der Waals surface area (Å²) in [5.74, 6) is 0. The van der Waals surface area contributed by atoms with Crippen LogP contribution in [0.25, 0.3) is 0 Å². The van der Waals surface area contributed by atoms with Gasteiger partial charge in [0, 0.05) is 0 Å². The van der Waals surface area contributed by atoms with Gasteiger partial charge in [-0.3, -0.25) is 4.57 Å². The van der Waals surface area contributed by atoms with E-state index in [9.17, 15) is 4.57 Å². The van der Waals surface area contributed by atoms with E-state index in [-0.39, 0.29) is 0 Å². The molecule has 0 aliphatic carbocycles. The van der Waals surface area contributed by atoms with Crippen LogP contribution in [-0.2, 0) is 13.6 Å². The molecular weight excluding hydrogens is 295 g/mol. The summed E-state index contributed by atoms with van der Waals surface area (Å²) in [7, 11) is -2.21. The Kier molecular flexibility index (Phi) is 17.9. The summed E-state index contributed by atoms with van der Waals surface area (Å²) in [6.07, 6.45) is 9.16. The molecule has 4 heteroatoms. The summed E-state index contributed by atoms with van der Waals surface area (Å²) in [6, 6.07) is 12.0. The first-order valence-electron chi connectivity index (χ1n) is 8.60. The highest BCUT2D eigenvalue weighted by Gasteiger charge is 1.99. The summed E-state index contributed by atoms with van der Waals surface area (Å²) in [5.41, 5.74) is 0. The van der Waals surface area contributed by atoms with Crippen LogP contribution < -0.4 is 0 Å². The normalized spacial score (nSPS) is 10.3. The zero-order valence-corrected chi connectivity index (χ0v) is 15.3. The molecule has 0 aliphatic heterocycles. The van der Waals surface area contributed by atoms with Crippen molar-refractivity contribution in [3.63, 3.8) is 0 Å². The first-order chi connectivity index (χ1) is 10.8. The lowest BCUT2D eigenvalue weighted by Crippen LogP contribution is -1.91. The van der Waals surface area contributed by atoms with Crippen molar-refractivity contribution in [1.29, 1.82) is 0 Å². The molecule has 0 N–H and O–H groups in total. The molecule has 1 aromatic carbocycles. The van der Waals surface area contributed by atoms with Crippen LogP contribution in [0.5, 0.6) is 0 Å². The average molecular weight is 328 g/mol. The lowest BCUT2D eigenvalue weighted by molar-refractivity contribution is 0.218. The minimum atomic E-state index is -2.21. The molecular formula is C18H33O3P. The van der Waals surface area contributed by atoms with E-state index < -0.39 is 8.25 Å². The zero-order valence-electron chi connectivity index (χ0n) is 14.3. The van der Waals surface area contributed by atoms with Gasteiger partial charge >= 0.3 is 8.25 Å². The SMILES string of the molecule is CCCCCCO[PH](=O)OCCCCCC.c1ccccc1. The molecule has 1 rings (SSSR count). The van der Waals surface area contributed by atoms with Gasteiger partial charge in [0.05, 0.1) is 13.2 Å². The third-order valence-electron chi connectivity index (χ3n) is 3.10. The number of unbranched alkanes of at least 4 members (excludes halogenated alkanes) is 6. The van der Waals surface area contributed by atoms with Gasteiger partial charge in [-0.2, -0.15) is 0 Å². The summed E-state index contributed by atoms with van der Waals surface area (Å²) in [6.45, 7) is 5.49. The van der Waals surface area contributed by atoms with E-state index in [2.05, 4.69) is 13.8 Å². The molecule has 3 nitrogen and oxygen atoms in total. The highest BCUT2D eigenvalue weighted by Crippen LogP contribution is 2.24. The fourth-order valence-electron chi connectivity index (χ4n) is 1.80. The standard InChI is InChI=1S/C12H27O3P.C6H6/c1-3-5-7-9-11-14-16(13)15-12-10-8-6-4-2;1-2-4-6-5-3-1/h16H,3-12H2,1-2H3;1-6H. The van der Waals surface area contributed by atoms with E-state index in [1.807, 2.05) is 36.4 Å². The molecule has 22 heavy (non-hydrogen) atoms. The zero-order chi connectivity index (χ0) is 16.3. The third-order valence-corrected chi connectivity index (χ3v) is 3.98. The van der Waals surface area contributed by atoms with Crippen molar-refractivity contribution in [1.82, 2.24) is 0 Å². The molecule has 0 unspecified atom stereocenters. The molecule has 0 spiro atoms. The molecule has 0 atom stereocenters. The fourth-order valence-corrected chi connectivity index (χ4v) is 2.50. The highest BCUT2D eigenvalue weighted by atomic mass is 31.1. The minimum Gasteiger partial charge on any atom is -0.311 e. The van der Waals surface area contributed by atoms with Crippen LogP contribution in [-0.4, -0.2) is 13.2 Å². The summed E-state index contributed by atoms with van der Waals surface area (Å²) < 4.78 is 21.5. The van der Waals surface area contributed by atoms with Crippen molar-refractivity contribution in [3.8, 4) is 0 Å². The first-order valence-corrected chi connectivity index (χ1v) is 9.83.